The summed E-state index contributed by atoms with van der Waals surface area (Å²) in [7, 11) is -2.47. The van der Waals surface area contributed by atoms with Crippen molar-refractivity contribution < 1.29 is 4.39 Å². The smallest absolute Gasteiger partial charge is 0.137 e. The molecule has 0 aromatic heterocycles. The van der Waals surface area contributed by atoms with Crippen LogP contribution in [0, 0.1) is 5.82 Å². The Hall–Kier alpha value is 0.0238. The number of hydrogen-bond donors (Lipinski definition) is 0. The minimum Gasteiger partial charge on any atom is -0.342 e. The van der Waals surface area contributed by atoms with Crippen LogP contribution in [0.3, 0.4) is 0 Å². The molecule has 0 N–H and O–H groups in total. The van der Waals surface area contributed by atoms with Crippen molar-refractivity contribution in [2.24, 2.45) is 0 Å². The number of halogens is 2. The molecule has 2 rings (SSSR count). The monoisotopic (exact) mass is 345 g/mol. The first-order valence-corrected chi connectivity index (χ1v) is 13.5. The minimum absolute atomic E-state index is 0.173. The molecule has 1 heterocycles. The topological polar surface area (TPSA) is 3.24 Å². The molecule has 5 heteroatoms. The molecule has 0 saturated carbocycles. The van der Waals surface area contributed by atoms with Gasteiger partial charge in [-0.2, -0.15) is 0 Å². The van der Waals surface area contributed by atoms with Gasteiger partial charge in [0.25, 0.3) is 0 Å². The van der Waals surface area contributed by atoms with E-state index in [4.69, 9.17) is 0 Å². The lowest BCUT2D eigenvalue weighted by Gasteiger charge is -2.39. The van der Waals surface area contributed by atoms with Crippen molar-refractivity contribution >= 4 is 32.4 Å². The molecule has 1 aliphatic rings. The Morgan fingerprint density at radius 3 is 2.22 bits per heavy atom. The van der Waals surface area contributed by atoms with Crippen LogP contribution in [0.15, 0.2) is 22.7 Å². The molecular weight excluding hydrogens is 325 g/mol. The van der Waals surface area contributed by atoms with E-state index in [-0.39, 0.29) is 5.82 Å². The molecule has 0 radical (unpaired) electrons. The van der Waals surface area contributed by atoms with E-state index in [1.54, 1.807) is 6.07 Å². The van der Waals surface area contributed by atoms with E-state index in [0.717, 1.165) is 6.54 Å². The Morgan fingerprint density at radius 1 is 1.17 bits per heavy atom. The maximum absolute atomic E-state index is 13.3. The minimum atomic E-state index is -1.23. The molecule has 0 atom stereocenters. The SMILES string of the molecule is C[Si]1(C)CC[Si](C)(C)N1Cc1ccc(F)c(Br)c1. The molecule has 1 fully saturated rings. The maximum atomic E-state index is 13.3. The van der Waals surface area contributed by atoms with Gasteiger partial charge in [0.2, 0.25) is 0 Å². The van der Waals surface area contributed by atoms with Crippen LogP contribution in [0.1, 0.15) is 5.56 Å². The Balaban J connectivity index is 2.24. The third kappa shape index (κ3) is 2.79. The summed E-state index contributed by atoms with van der Waals surface area (Å²) in [5.74, 6) is -0.173. The molecule has 1 aliphatic heterocycles. The molecule has 100 valence electrons. The summed E-state index contributed by atoms with van der Waals surface area (Å²) < 4.78 is 16.7. The van der Waals surface area contributed by atoms with Gasteiger partial charge in [-0.25, -0.2) is 4.39 Å². The van der Waals surface area contributed by atoms with E-state index in [9.17, 15) is 4.39 Å². The standard InChI is InChI=1S/C13H21BrFNSi2/c1-17(2)7-8-18(3,4)16(17)10-11-5-6-13(15)12(14)9-11/h5-6,9H,7-8,10H2,1-4H3. The van der Waals surface area contributed by atoms with Crippen molar-refractivity contribution in [2.75, 3.05) is 0 Å². The predicted molar refractivity (Wildman–Crippen MR) is 84.2 cm³/mol. The summed E-state index contributed by atoms with van der Waals surface area (Å²) in [6, 6.07) is 8.25. The van der Waals surface area contributed by atoms with Gasteiger partial charge in [0, 0.05) is 6.54 Å². The van der Waals surface area contributed by atoms with Crippen molar-refractivity contribution in [3.05, 3.63) is 34.1 Å². The van der Waals surface area contributed by atoms with Gasteiger partial charge in [-0.05, 0) is 45.7 Å². The van der Waals surface area contributed by atoms with Crippen LogP contribution < -0.4 is 0 Å². The highest BCUT2D eigenvalue weighted by molar-refractivity contribution is 9.10. The van der Waals surface area contributed by atoms with Crippen LogP contribution in [-0.2, 0) is 6.54 Å². The Labute approximate surface area is 120 Å². The lowest BCUT2D eigenvalue weighted by molar-refractivity contribution is 0.607. The van der Waals surface area contributed by atoms with Gasteiger partial charge in [0.05, 0.1) is 4.47 Å². The summed E-state index contributed by atoms with van der Waals surface area (Å²) in [4.78, 5) is 0. The van der Waals surface area contributed by atoms with E-state index in [2.05, 4.69) is 46.3 Å². The molecule has 1 aromatic carbocycles. The van der Waals surface area contributed by atoms with Crippen molar-refractivity contribution in [1.82, 2.24) is 4.23 Å². The van der Waals surface area contributed by atoms with E-state index in [0.29, 0.717) is 4.47 Å². The highest BCUT2D eigenvalue weighted by Gasteiger charge is 2.46. The van der Waals surface area contributed by atoms with Crippen LogP contribution in [0.4, 0.5) is 4.39 Å². The Bertz CT molecular complexity index is 446. The predicted octanol–water partition coefficient (Wildman–Crippen LogP) is 4.81. The van der Waals surface area contributed by atoms with Gasteiger partial charge in [0.1, 0.15) is 22.3 Å². The molecule has 0 spiro atoms. The third-order valence-corrected chi connectivity index (χ3v) is 15.1. The number of benzene rings is 1. The van der Waals surface area contributed by atoms with E-state index < -0.39 is 16.5 Å². The van der Waals surface area contributed by atoms with Crippen molar-refractivity contribution in [3.63, 3.8) is 0 Å². The maximum Gasteiger partial charge on any atom is 0.137 e. The summed E-state index contributed by atoms with van der Waals surface area (Å²) in [5, 5.41) is 0. The van der Waals surface area contributed by atoms with Gasteiger partial charge >= 0.3 is 0 Å². The van der Waals surface area contributed by atoms with Gasteiger partial charge in [-0.15, -0.1) is 0 Å². The lowest BCUT2D eigenvalue weighted by atomic mass is 10.2. The number of nitrogens with zero attached hydrogens (tertiary/aromatic N) is 1. The zero-order valence-electron chi connectivity index (χ0n) is 11.6. The van der Waals surface area contributed by atoms with Crippen molar-refractivity contribution in [3.8, 4) is 0 Å². The summed E-state index contributed by atoms with van der Waals surface area (Å²) in [6.07, 6.45) is 0. The quantitative estimate of drug-likeness (QED) is 0.695. The molecule has 0 amide bonds. The first-order valence-electron chi connectivity index (χ1n) is 6.44. The summed E-state index contributed by atoms with van der Waals surface area (Å²) >= 11 is 3.28. The Kier molecular flexibility index (Phi) is 3.89. The van der Waals surface area contributed by atoms with Crippen molar-refractivity contribution in [2.45, 2.75) is 44.8 Å². The number of rotatable bonds is 2. The van der Waals surface area contributed by atoms with Crippen LogP contribution in [0.5, 0.6) is 0 Å². The second-order valence-electron chi connectivity index (χ2n) is 6.46. The van der Waals surface area contributed by atoms with Gasteiger partial charge < -0.3 is 4.23 Å². The zero-order valence-corrected chi connectivity index (χ0v) is 15.1. The highest BCUT2D eigenvalue weighted by Crippen LogP contribution is 2.38. The molecule has 1 nitrogen and oxygen atoms in total. The van der Waals surface area contributed by atoms with Crippen LogP contribution in [0.25, 0.3) is 0 Å². The fraction of sp³-hybridized carbons (Fsp3) is 0.538. The third-order valence-electron chi connectivity index (χ3n) is 4.13. The van der Waals surface area contributed by atoms with E-state index in [1.807, 2.05) is 12.1 Å². The van der Waals surface area contributed by atoms with Gasteiger partial charge in [-0.1, -0.05) is 32.3 Å². The van der Waals surface area contributed by atoms with Crippen LogP contribution in [0.2, 0.25) is 38.3 Å². The molecular formula is C13H21BrFNSi2. The molecule has 0 aliphatic carbocycles. The normalized spacial score (nSPS) is 22.3. The fourth-order valence-electron chi connectivity index (χ4n) is 2.95. The number of hydrogen-bond acceptors (Lipinski definition) is 1. The highest BCUT2D eigenvalue weighted by atomic mass is 79.9. The summed E-state index contributed by atoms with van der Waals surface area (Å²) in [6.45, 7) is 10.9. The summed E-state index contributed by atoms with van der Waals surface area (Å²) in [5.41, 5.74) is 1.23. The van der Waals surface area contributed by atoms with Gasteiger partial charge in [0.15, 0.2) is 0 Å². The van der Waals surface area contributed by atoms with E-state index >= 15 is 0 Å². The molecule has 0 unspecified atom stereocenters. The molecule has 1 saturated heterocycles. The van der Waals surface area contributed by atoms with Crippen molar-refractivity contribution in [1.29, 1.82) is 0 Å². The molecule has 0 bridgehead atoms. The second kappa shape index (κ2) is 4.85. The van der Waals surface area contributed by atoms with Gasteiger partial charge in [-0.3, -0.25) is 0 Å². The molecule has 18 heavy (non-hydrogen) atoms. The fourth-order valence-corrected chi connectivity index (χ4v) is 17.3. The Morgan fingerprint density at radius 2 is 1.72 bits per heavy atom. The van der Waals surface area contributed by atoms with E-state index in [1.165, 1.54) is 17.7 Å². The average Bonchev–Trinajstić information content (AvgIpc) is 2.47. The zero-order chi connectivity index (χ0) is 13.6. The lowest BCUT2D eigenvalue weighted by Crippen LogP contribution is -2.54. The first kappa shape index (κ1) is 14.4. The second-order valence-corrected chi connectivity index (χ2v) is 17.1. The van der Waals surface area contributed by atoms with Crippen LogP contribution in [-0.4, -0.2) is 20.7 Å². The molecule has 1 aromatic rings. The largest absolute Gasteiger partial charge is 0.342 e. The van der Waals surface area contributed by atoms with Crippen LogP contribution >= 0.6 is 15.9 Å². The average molecular weight is 346 g/mol. The first-order chi connectivity index (χ1) is 8.22.